The Bertz CT molecular complexity index is 1370. The second-order valence-corrected chi connectivity index (χ2v) is 8.42. The molecule has 2 aromatic heterocycles. The van der Waals surface area contributed by atoms with Crippen LogP contribution in [0.15, 0.2) is 51.7 Å². The molecule has 0 atom stereocenters. The van der Waals surface area contributed by atoms with Gasteiger partial charge in [0.05, 0.1) is 31.8 Å². The lowest BCUT2D eigenvalue weighted by Crippen LogP contribution is -2.14. The number of rotatable bonds is 9. The topological polar surface area (TPSA) is 110 Å². The maximum absolute atomic E-state index is 13.1. The van der Waals surface area contributed by atoms with E-state index in [9.17, 15) is 9.90 Å². The molecule has 4 aromatic rings. The largest absolute Gasteiger partial charge is 0.506 e. The van der Waals surface area contributed by atoms with E-state index in [-0.39, 0.29) is 23.1 Å². The molecule has 0 unspecified atom stereocenters. The zero-order valence-corrected chi connectivity index (χ0v) is 20.5. The number of H-pyrrole nitrogens is 1. The first-order valence-electron chi connectivity index (χ1n) is 11.2. The number of nitrogens with one attached hydrogen (secondary N) is 1. The molecule has 0 aliphatic heterocycles. The van der Waals surface area contributed by atoms with Crippen molar-refractivity contribution in [1.29, 1.82) is 0 Å². The van der Waals surface area contributed by atoms with E-state index in [0.29, 0.717) is 46.2 Å². The van der Waals surface area contributed by atoms with Gasteiger partial charge >= 0.3 is 0 Å². The molecule has 4 rings (SSSR count). The van der Waals surface area contributed by atoms with Crippen LogP contribution in [-0.2, 0) is 12.8 Å². The van der Waals surface area contributed by atoms with E-state index in [0.717, 1.165) is 18.4 Å². The van der Waals surface area contributed by atoms with E-state index in [1.165, 1.54) is 14.2 Å². The van der Waals surface area contributed by atoms with E-state index >= 15 is 0 Å². The third-order valence-electron chi connectivity index (χ3n) is 5.65. The lowest BCUT2D eigenvalue weighted by atomic mass is 9.96. The lowest BCUT2D eigenvalue weighted by Gasteiger charge is -2.18. The number of aryl methyl sites for hydroxylation is 1. The molecule has 8 nitrogen and oxygen atoms in total. The Hall–Kier alpha value is -3.78. The fraction of sp³-hybridized carbons (Fsp3) is 0.269. The molecular formula is C26H26ClN3O5. The maximum atomic E-state index is 13.1. The van der Waals surface area contributed by atoms with Crippen LogP contribution >= 0.6 is 11.6 Å². The summed E-state index contributed by atoms with van der Waals surface area (Å²) >= 11 is 6.06. The van der Waals surface area contributed by atoms with Crippen LogP contribution in [0.3, 0.4) is 0 Å². The van der Waals surface area contributed by atoms with Crippen LogP contribution in [0.2, 0.25) is 5.02 Å². The van der Waals surface area contributed by atoms with Gasteiger partial charge in [0.2, 0.25) is 5.89 Å². The van der Waals surface area contributed by atoms with Crippen LogP contribution in [0.1, 0.15) is 36.9 Å². The zero-order valence-electron chi connectivity index (χ0n) is 19.7. The molecule has 182 valence electrons. The minimum atomic E-state index is -0.524. The summed E-state index contributed by atoms with van der Waals surface area (Å²) in [6, 6.07) is 12.6. The fourth-order valence-corrected chi connectivity index (χ4v) is 4.20. The minimum Gasteiger partial charge on any atom is -0.506 e. The molecule has 0 saturated carbocycles. The molecule has 0 spiro atoms. The van der Waals surface area contributed by atoms with Gasteiger partial charge in [0.1, 0.15) is 22.8 Å². The van der Waals surface area contributed by atoms with E-state index in [4.69, 9.17) is 25.5 Å². The van der Waals surface area contributed by atoms with Crippen LogP contribution < -0.4 is 15.0 Å². The summed E-state index contributed by atoms with van der Waals surface area (Å²) in [5.41, 5.74) is 1.73. The second-order valence-electron chi connectivity index (χ2n) is 7.98. The number of nitrogens with zero attached hydrogens (tertiary/aromatic N) is 2. The van der Waals surface area contributed by atoms with Gasteiger partial charge in [0.15, 0.2) is 0 Å². The van der Waals surface area contributed by atoms with E-state index < -0.39 is 5.56 Å². The molecule has 0 aliphatic rings. The van der Waals surface area contributed by atoms with Crippen LogP contribution in [0.25, 0.3) is 22.6 Å². The standard InChI is InChI=1S/C26H26ClN3O5/c1-4-5-10-17-21(22-18(33-2)11-7-12-19(22)34-3)24(31)23(25(32)28-17)26-30-29-20(35-26)14-15-8-6-9-16(27)13-15/h6-9,11-13H,4-5,10,14H2,1-3H3,(H2,28,31,32). The Labute approximate surface area is 207 Å². The molecule has 0 saturated heterocycles. The summed E-state index contributed by atoms with van der Waals surface area (Å²) in [6.45, 7) is 2.05. The summed E-state index contributed by atoms with van der Waals surface area (Å²) < 4.78 is 16.9. The number of pyridine rings is 1. The third kappa shape index (κ3) is 5.02. The van der Waals surface area contributed by atoms with Crippen molar-refractivity contribution < 1.29 is 19.0 Å². The molecule has 2 heterocycles. The summed E-state index contributed by atoms with van der Waals surface area (Å²) in [5, 5.41) is 20.2. The molecule has 2 N–H and O–H groups in total. The van der Waals surface area contributed by atoms with Crippen molar-refractivity contribution in [2.45, 2.75) is 32.6 Å². The summed E-state index contributed by atoms with van der Waals surface area (Å²) in [7, 11) is 3.07. The van der Waals surface area contributed by atoms with Crippen LogP contribution in [0, 0.1) is 0 Å². The van der Waals surface area contributed by atoms with Gasteiger partial charge in [0, 0.05) is 10.7 Å². The van der Waals surface area contributed by atoms with Crippen molar-refractivity contribution in [2.75, 3.05) is 14.2 Å². The van der Waals surface area contributed by atoms with Gasteiger partial charge in [-0.25, -0.2) is 0 Å². The maximum Gasteiger partial charge on any atom is 0.264 e. The Morgan fingerprint density at radius 2 is 1.74 bits per heavy atom. The Morgan fingerprint density at radius 3 is 2.40 bits per heavy atom. The average molecular weight is 496 g/mol. The number of hydrogen-bond acceptors (Lipinski definition) is 7. The van der Waals surface area contributed by atoms with Crippen LogP contribution in [0.4, 0.5) is 0 Å². The Balaban J connectivity index is 1.87. The minimum absolute atomic E-state index is 0.0852. The number of aromatic nitrogens is 3. The fourth-order valence-electron chi connectivity index (χ4n) is 3.99. The van der Waals surface area contributed by atoms with Crippen molar-refractivity contribution in [1.82, 2.24) is 15.2 Å². The number of hydrogen-bond donors (Lipinski definition) is 2. The second kappa shape index (κ2) is 10.7. The van der Waals surface area contributed by atoms with Crippen LogP contribution in [-0.4, -0.2) is 34.5 Å². The van der Waals surface area contributed by atoms with Gasteiger partial charge in [-0.15, -0.1) is 10.2 Å². The normalized spacial score (nSPS) is 11.0. The number of unbranched alkanes of at least 4 members (excludes halogenated alkanes) is 1. The average Bonchev–Trinajstić information content (AvgIpc) is 3.30. The first-order chi connectivity index (χ1) is 17.0. The molecule has 0 bridgehead atoms. The Morgan fingerprint density at radius 1 is 1.03 bits per heavy atom. The van der Waals surface area contributed by atoms with Gasteiger partial charge < -0.3 is 24.0 Å². The van der Waals surface area contributed by atoms with Crippen molar-refractivity contribution in [3.8, 4) is 39.8 Å². The SMILES string of the molecule is CCCCc1[nH]c(=O)c(-c2nnc(Cc3cccc(Cl)c3)o2)c(O)c1-c1c(OC)cccc1OC. The molecule has 35 heavy (non-hydrogen) atoms. The molecule has 0 radical (unpaired) electrons. The van der Waals surface area contributed by atoms with E-state index in [2.05, 4.69) is 22.1 Å². The summed E-state index contributed by atoms with van der Waals surface area (Å²) in [4.78, 5) is 16.0. The predicted molar refractivity (Wildman–Crippen MR) is 133 cm³/mol. The molecule has 0 amide bonds. The number of benzene rings is 2. The van der Waals surface area contributed by atoms with Crippen molar-refractivity contribution >= 4 is 11.6 Å². The molecule has 9 heteroatoms. The molecule has 0 aliphatic carbocycles. The zero-order chi connectivity index (χ0) is 24.9. The molecule has 0 fully saturated rings. The van der Waals surface area contributed by atoms with Gasteiger partial charge in [-0.1, -0.05) is 43.1 Å². The highest BCUT2D eigenvalue weighted by atomic mass is 35.5. The summed E-state index contributed by atoms with van der Waals surface area (Å²) in [5.74, 6) is 0.899. The van der Waals surface area contributed by atoms with Crippen molar-refractivity contribution in [3.05, 3.63) is 75.0 Å². The summed E-state index contributed by atoms with van der Waals surface area (Å²) in [6.07, 6.45) is 2.58. The number of aromatic hydroxyl groups is 1. The first kappa shape index (κ1) is 24.3. The number of methoxy groups -OCH3 is 2. The number of aromatic amines is 1. The first-order valence-corrected chi connectivity index (χ1v) is 11.6. The van der Waals surface area contributed by atoms with Gasteiger partial charge in [-0.05, 0) is 42.7 Å². The smallest absolute Gasteiger partial charge is 0.264 e. The van der Waals surface area contributed by atoms with Gasteiger partial charge in [-0.3, -0.25) is 4.79 Å². The number of halogens is 1. The van der Waals surface area contributed by atoms with E-state index in [1.54, 1.807) is 30.3 Å². The number of ether oxygens (including phenoxy) is 2. The highest BCUT2D eigenvalue weighted by Crippen LogP contribution is 2.46. The third-order valence-corrected chi connectivity index (χ3v) is 5.89. The highest BCUT2D eigenvalue weighted by molar-refractivity contribution is 6.30. The molecular weight excluding hydrogens is 470 g/mol. The highest BCUT2D eigenvalue weighted by Gasteiger charge is 2.27. The predicted octanol–water partition coefficient (Wildman–Crippen LogP) is 5.40. The van der Waals surface area contributed by atoms with Crippen molar-refractivity contribution in [3.63, 3.8) is 0 Å². The lowest BCUT2D eigenvalue weighted by molar-refractivity contribution is 0.396. The van der Waals surface area contributed by atoms with Crippen molar-refractivity contribution in [2.24, 2.45) is 0 Å². The monoisotopic (exact) mass is 495 g/mol. The van der Waals surface area contributed by atoms with Gasteiger partial charge in [0.25, 0.3) is 11.4 Å². The van der Waals surface area contributed by atoms with Crippen LogP contribution in [0.5, 0.6) is 17.2 Å². The molecule has 2 aromatic carbocycles. The van der Waals surface area contributed by atoms with E-state index in [1.807, 2.05) is 12.1 Å². The quantitative estimate of drug-likeness (QED) is 0.319. The van der Waals surface area contributed by atoms with Gasteiger partial charge in [-0.2, -0.15) is 0 Å². The Kier molecular flexibility index (Phi) is 7.41.